The molecular weight excluding hydrogens is 294 g/mol. The Morgan fingerprint density at radius 1 is 1.43 bits per heavy atom. The van der Waals surface area contributed by atoms with E-state index < -0.39 is 22.0 Å². The maximum atomic E-state index is 12.4. The summed E-state index contributed by atoms with van der Waals surface area (Å²) in [5.41, 5.74) is 1.44. The number of carboxylic acid groups (broad SMARTS) is 1. The molecule has 0 bridgehead atoms. The zero-order valence-electron chi connectivity index (χ0n) is 11.9. The van der Waals surface area contributed by atoms with E-state index in [1.54, 1.807) is 19.1 Å². The van der Waals surface area contributed by atoms with Crippen LogP contribution in [0.5, 0.6) is 0 Å². The van der Waals surface area contributed by atoms with Gasteiger partial charge in [-0.25, -0.2) is 8.42 Å². The molecule has 0 saturated carbocycles. The Morgan fingerprint density at radius 2 is 2.14 bits per heavy atom. The van der Waals surface area contributed by atoms with Crippen molar-refractivity contribution in [1.82, 2.24) is 4.31 Å². The zero-order valence-corrected chi connectivity index (χ0v) is 12.7. The third-order valence-electron chi connectivity index (χ3n) is 3.52. The molecule has 0 aromatic heterocycles. The Bertz CT molecular complexity index is 614. The molecule has 1 aromatic rings. The number of aliphatic carboxylic acids is 1. The van der Waals surface area contributed by atoms with Gasteiger partial charge < -0.3 is 9.84 Å². The third kappa shape index (κ3) is 3.42. The number of sulfonamides is 1. The first-order chi connectivity index (χ1) is 9.97. The minimum absolute atomic E-state index is 0.0727. The van der Waals surface area contributed by atoms with Gasteiger partial charge in [-0.05, 0) is 24.5 Å². The molecule has 1 heterocycles. The van der Waals surface area contributed by atoms with E-state index in [0.29, 0.717) is 18.6 Å². The Balaban J connectivity index is 2.30. The lowest BCUT2D eigenvalue weighted by Crippen LogP contribution is -2.45. The van der Waals surface area contributed by atoms with Crippen molar-refractivity contribution in [2.24, 2.45) is 0 Å². The molecule has 7 heteroatoms. The molecule has 21 heavy (non-hydrogen) atoms. The molecule has 0 radical (unpaired) electrons. The summed E-state index contributed by atoms with van der Waals surface area (Å²) in [6.07, 6.45) is 0.522. The minimum atomic E-state index is -3.66. The topological polar surface area (TPSA) is 83.9 Å². The second-order valence-corrected chi connectivity index (χ2v) is 6.85. The standard InChI is InChI=1S/C14H19NO5S/c1-2-20-9-10-21(18,19)15-8-7-11-5-3-4-6-12(11)13(15)14(16)17/h3-6,13H,2,7-10H2,1H3,(H,16,17). The van der Waals surface area contributed by atoms with Gasteiger partial charge in [-0.2, -0.15) is 4.31 Å². The lowest BCUT2D eigenvalue weighted by molar-refractivity contribution is -0.142. The Kier molecular flexibility index (Phi) is 4.97. The molecule has 0 amide bonds. The molecule has 1 N–H and O–H groups in total. The predicted molar refractivity (Wildman–Crippen MR) is 77.5 cm³/mol. The van der Waals surface area contributed by atoms with E-state index in [1.165, 1.54) is 0 Å². The van der Waals surface area contributed by atoms with Gasteiger partial charge >= 0.3 is 5.97 Å². The average Bonchev–Trinajstić information content (AvgIpc) is 2.46. The fraction of sp³-hybridized carbons (Fsp3) is 0.500. The van der Waals surface area contributed by atoms with Gasteiger partial charge in [0.15, 0.2) is 0 Å². The van der Waals surface area contributed by atoms with Crippen LogP contribution >= 0.6 is 0 Å². The number of rotatable bonds is 6. The lowest BCUT2D eigenvalue weighted by Gasteiger charge is -2.33. The molecular formula is C14H19NO5S. The number of carbonyl (C=O) groups is 1. The molecule has 116 valence electrons. The van der Waals surface area contributed by atoms with E-state index in [9.17, 15) is 18.3 Å². The summed E-state index contributed by atoms with van der Waals surface area (Å²) in [6, 6.07) is 5.93. The molecule has 0 fully saturated rings. The van der Waals surface area contributed by atoms with Crippen LogP contribution in [0.2, 0.25) is 0 Å². The van der Waals surface area contributed by atoms with Crippen molar-refractivity contribution in [1.29, 1.82) is 0 Å². The number of hydrogen-bond donors (Lipinski definition) is 1. The molecule has 0 spiro atoms. The second-order valence-electron chi connectivity index (χ2n) is 4.81. The fourth-order valence-electron chi connectivity index (χ4n) is 2.53. The van der Waals surface area contributed by atoms with Gasteiger partial charge in [-0.1, -0.05) is 24.3 Å². The van der Waals surface area contributed by atoms with Crippen molar-refractivity contribution in [3.05, 3.63) is 35.4 Å². The Hall–Kier alpha value is -1.44. The van der Waals surface area contributed by atoms with Crippen LogP contribution in [0.3, 0.4) is 0 Å². The lowest BCUT2D eigenvalue weighted by atomic mass is 9.94. The van der Waals surface area contributed by atoms with Crippen LogP contribution in [0.1, 0.15) is 24.1 Å². The van der Waals surface area contributed by atoms with E-state index in [4.69, 9.17) is 4.74 Å². The highest BCUT2D eigenvalue weighted by atomic mass is 32.2. The average molecular weight is 313 g/mol. The first-order valence-electron chi connectivity index (χ1n) is 6.85. The molecule has 1 aliphatic rings. The molecule has 1 atom stereocenters. The summed E-state index contributed by atoms with van der Waals surface area (Å²) >= 11 is 0. The van der Waals surface area contributed by atoms with Crippen LogP contribution in [0.15, 0.2) is 24.3 Å². The van der Waals surface area contributed by atoms with Crippen molar-refractivity contribution in [3.8, 4) is 0 Å². The van der Waals surface area contributed by atoms with Crippen molar-refractivity contribution in [3.63, 3.8) is 0 Å². The quantitative estimate of drug-likeness (QED) is 0.793. The van der Waals surface area contributed by atoms with Gasteiger partial charge in [0.1, 0.15) is 6.04 Å². The fourth-order valence-corrected chi connectivity index (χ4v) is 3.98. The number of ether oxygens (including phenoxy) is 1. The van der Waals surface area contributed by atoms with Gasteiger partial charge in [-0.3, -0.25) is 4.79 Å². The van der Waals surface area contributed by atoms with E-state index in [-0.39, 0.29) is 18.9 Å². The van der Waals surface area contributed by atoms with Gasteiger partial charge in [0.2, 0.25) is 10.0 Å². The van der Waals surface area contributed by atoms with Crippen LogP contribution in [-0.2, 0) is 26.0 Å². The van der Waals surface area contributed by atoms with Crippen molar-refractivity contribution in [2.45, 2.75) is 19.4 Å². The normalized spacial score (nSPS) is 19.2. The molecule has 1 aromatic carbocycles. The molecule has 1 unspecified atom stereocenters. The first-order valence-corrected chi connectivity index (χ1v) is 8.46. The van der Waals surface area contributed by atoms with E-state index in [0.717, 1.165) is 9.87 Å². The van der Waals surface area contributed by atoms with Gasteiger partial charge in [0.05, 0.1) is 12.4 Å². The molecule has 0 saturated heterocycles. The van der Waals surface area contributed by atoms with E-state index >= 15 is 0 Å². The molecule has 6 nitrogen and oxygen atoms in total. The Morgan fingerprint density at radius 3 is 2.81 bits per heavy atom. The van der Waals surface area contributed by atoms with E-state index in [1.807, 2.05) is 12.1 Å². The maximum absolute atomic E-state index is 12.4. The van der Waals surface area contributed by atoms with Crippen molar-refractivity contribution >= 4 is 16.0 Å². The summed E-state index contributed by atoms with van der Waals surface area (Å²) in [4.78, 5) is 11.6. The number of hydrogen-bond acceptors (Lipinski definition) is 4. The van der Waals surface area contributed by atoms with Gasteiger partial charge in [-0.15, -0.1) is 0 Å². The number of benzene rings is 1. The SMILES string of the molecule is CCOCCS(=O)(=O)N1CCc2ccccc2C1C(=O)O. The highest BCUT2D eigenvalue weighted by molar-refractivity contribution is 7.89. The smallest absolute Gasteiger partial charge is 0.326 e. The van der Waals surface area contributed by atoms with Gasteiger partial charge in [0, 0.05) is 13.2 Å². The molecule has 1 aliphatic heterocycles. The van der Waals surface area contributed by atoms with Crippen LogP contribution in [0, 0.1) is 0 Å². The monoisotopic (exact) mass is 313 g/mol. The summed E-state index contributed by atoms with van der Waals surface area (Å²) in [5.74, 6) is -1.35. The summed E-state index contributed by atoms with van der Waals surface area (Å²) in [6.45, 7) is 2.47. The van der Waals surface area contributed by atoms with Crippen molar-refractivity contribution in [2.75, 3.05) is 25.5 Å². The first kappa shape index (κ1) is 15.9. The molecule has 2 rings (SSSR count). The van der Waals surface area contributed by atoms with Crippen LogP contribution in [-0.4, -0.2) is 49.3 Å². The van der Waals surface area contributed by atoms with Crippen LogP contribution in [0.4, 0.5) is 0 Å². The number of carboxylic acids is 1. The largest absolute Gasteiger partial charge is 0.480 e. The summed E-state index contributed by atoms with van der Waals surface area (Å²) in [5, 5.41) is 9.45. The second kappa shape index (κ2) is 6.55. The predicted octanol–water partition coefficient (Wildman–Crippen LogP) is 1.04. The summed E-state index contributed by atoms with van der Waals surface area (Å²) < 4.78 is 30.9. The highest BCUT2D eigenvalue weighted by Crippen LogP contribution is 2.32. The number of nitrogens with zero attached hydrogens (tertiary/aromatic N) is 1. The summed E-state index contributed by atoms with van der Waals surface area (Å²) in [7, 11) is -3.66. The van der Waals surface area contributed by atoms with E-state index in [2.05, 4.69) is 0 Å². The third-order valence-corrected chi connectivity index (χ3v) is 5.31. The van der Waals surface area contributed by atoms with Crippen molar-refractivity contribution < 1.29 is 23.1 Å². The van der Waals surface area contributed by atoms with Crippen LogP contribution in [0.25, 0.3) is 0 Å². The number of fused-ring (bicyclic) bond motifs is 1. The van der Waals surface area contributed by atoms with Gasteiger partial charge in [0.25, 0.3) is 0 Å². The Labute approximate surface area is 124 Å². The van der Waals surface area contributed by atoms with Crippen LogP contribution < -0.4 is 0 Å². The molecule has 0 aliphatic carbocycles. The maximum Gasteiger partial charge on any atom is 0.326 e. The highest BCUT2D eigenvalue weighted by Gasteiger charge is 2.39. The minimum Gasteiger partial charge on any atom is -0.480 e. The zero-order chi connectivity index (χ0) is 15.5.